The Labute approximate surface area is 133 Å². The van der Waals surface area contributed by atoms with Crippen molar-refractivity contribution in [1.29, 1.82) is 0 Å². The summed E-state index contributed by atoms with van der Waals surface area (Å²) < 4.78 is 27.1. The van der Waals surface area contributed by atoms with Gasteiger partial charge in [0.05, 0.1) is 0 Å². The smallest absolute Gasteiger partial charge is 0.250 e. The van der Waals surface area contributed by atoms with E-state index in [-0.39, 0.29) is 18.4 Å². The molecule has 1 atom stereocenters. The summed E-state index contributed by atoms with van der Waals surface area (Å²) in [6.45, 7) is 0.811. The molecule has 0 radical (unpaired) electrons. The molecular weight excluding hydrogens is 320 g/mol. The highest BCUT2D eigenvalue weighted by Gasteiger charge is 2.31. The Hall–Kier alpha value is -1.70. The van der Waals surface area contributed by atoms with Crippen molar-refractivity contribution in [3.8, 4) is 0 Å². The predicted molar refractivity (Wildman–Crippen MR) is 86.4 cm³/mol. The molecule has 0 aliphatic carbocycles. The second-order valence-corrected chi connectivity index (χ2v) is 8.14. The molecule has 1 aliphatic heterocycles. The van der Waals surface area contributed by atoms with Gasteiger partial charge in [-0.2, -0.15) is 0 Å². The van der Waals surface area contributed by atoms with Gasteiger partial charge in [-0.05, 0) is 29.5 Å². The molecule has 1 aliphatic rings. The number of hydrogen-bond acceptors (Lipinski definition) is 4. The molecule has 22 heavy (non-hydrogen) atoms. The summed E-state index contributed by atoms with van der Waals surface area (Å²) in [6, 6.07) is 12.7. The van der Waals surface area contributed by atoms with Crippen LogP contribution in [0.3, 0.4) is 0 Å². The summed E-state index contributed by atoms with van der Waals surface area (Å²) in [5.74, 6) is 0.0222. The fourth-order valence-corrected chi connectivity index (χ4v) is 4.64. The van der Waals surface area contributed by atoms with Gasteiger partial charge in [-0.1, -0.05) is 24.3 Å². The van der Waals surface area contributed by atoms with Crippen LogP contribution in [0.1, 0.15) is 6.42 Å². The van der Waals surface area contributed by atoms with Crippen LogP contribution in [0, 0.1) is 5.92 Å². The first-order valence-electron chi connectivity index (χ1n) is 6.95. The number of thiophene rings is 1. The summed E-state index contributed by atoms with van der Waals surface area (Å²) in [7, 11) is -3.47. The van der Waals surface area contributed by atoms with E-state index in [2.05, 4.69) is 4.72 Å². The van der Waals surface area contributed by atoms with E-state index in [1.165, 1.54) is 11.3 Å². The van der Waals surface area contributed by atoms with Crippen molar-refractivity contribution in [1.82, 2.24) is 4.72 Å². The average Bonchev–Trinajstić information content (AvgIpc) is 3.16. The van der Waals surface area contributed by atoms with Gasteiger partial charge in [0.25, 0.3) is 0 Å². The van der Waals surface area contributed by atoms with E-state index in [0.29, 0.717) is 17.2 Å². The minimum absolute atomic E-state index is 0.0116. The van der Waals surface area contributed by atoms with E-state index in [9.17, 15) is 13.2 Å². The zero-order valence-corrected chi connectivity index (χ0v) is 13.4. The SMILES string of the molecule is O=C1C[C@H](CNS(=O)(=O)c2cccs2)CN1c1ccccc1. The third-order valence-corrected chi connectivity index (χ3v) is 6.42. The lowest BCUT2D eigenvalue weighted by atomic mass is 10.1. The van der Waals surface area contributed by atoms with Crippen molar-refractivity contribution in [3.05, 3.63) is 47.8 Å². The number of rotatable bonds is 5. The zero-order valence-electron chi connectivity index (χ0n) is 11.8. The first-order chi connectivity index (χ1) is 10.6. The summed E-state index contributed by atoms with van der Waals surface area (Å²) in [4.78, 5) is 13.8. The third kappa shape index (κ3) is 3.21. The third-order valence-electron chi connectivity index (χ3n) is 3.59. The Balaban J connectivity index is 1.63. The molecule has 1 fully saturated rings. The molecule has 5 nitrogen and oxygen atoms in total. The minimum Gasteiger partial charge on any atom is -0.312 e. The maximum absolute atomic E-state index is 12.1. The molecule has 2 aromatic rings. The highest BCUT2D eigenvalue weighted by Crippen LogP contribution is 2.25. The minimum atomic E-state index is -3.47. The number of sulfonamides is 1. The quantitative estimate of drug-likeness (QED) is 0.909. The van der Waals surface area contributed by atoms with Crippen molar-refractivity contribution in [3.63, 3.8) is 0 Å². The lowest BCUT2D eigenvalue weighted by Gasteiger charge is -2.16. The fourth-order valence-electron chi connectivity index (χ4n) is 2.49. The number of amides is 1. The van der Waals surface area contributed by atoms with E-state index in [0.717, 1.165) is 5.69 Å². The monoisotopic (exact) mass is 336 g/mol. The van der Waals surface area contributed by atoms with Gasteiger partial charge in [0.2, 0.25) is 15.9 Å². The largest absolute Gasteiger partial charge is 0.312 e. The van der Waals surface area contributed by atoms with Gasteiger partial charge in [-0.25, -0.2) is 13.1 Å². The maximum atomic E-state index is 12.1. The molecule has 0 spiro atoms. The second-order valence-electron chi connectivity index (χ2n) is 5.19. The van der Waals surface area contributed by atoms with Crippen LogP contribution < -0.4 is 9.62 Å². The molecular formula is C15H16N2O3S2. The number of para-hydroxylation sites is 1. The molecule has 116 valence electrons. The number of nitrogens with zero attached hydrogens (tertiary/aromatic N) is 1. The van der Waals surface area contributed by atoms with Crippen molar-refractivity contribution >= 4 is 33.0 Å². The molecule has 0 saturated carbocycles. The van der Waals surface area contributed by atoms with Crippen LogP contribution in [0.2, 0.25) is 0 Å². The summed E-state index contributed by atoms with van der Waals surface area (Å²) in [5.41, 5.74) is 0.858. The van der Waals surface area contributed by atoms with Gasteiger partial charge in [0, 0.05) is 25.2 Å². The molecule has 7 heteroatoms. The molecule has 0 unspecified atom stereocenters. The van der Waals surface area contributed by atoms with E-state index >= 15 is 0 Å². The summed E-state index contributed by atoms with van der Waals surface area (Å²) in [6.07, 6.45) is 0.363. The maximum Gasteiger partial charge on any atom is 0.250 e. The fraction of sp³-hybridized carbons (Fsp3) is 0.267. The molecule has 1 aromatic carbocycles. The van der Waals surface area contributed by atoms with Crippen molar-refractivity contribution in [2.75, 3.05) is 18.0 Å². The van der Waals surface area contributed by atoms with E-state index in [1.807, 2.05) is 30.3 Å². The van der Waals surface area contributed by atoms with Crippen LogP contribution in [-0.2, 0) is 14.8 Å². The zero-order chi connectivity index (χ0) is 15.6. The first-order valence-corrected chi connectivity index (χ1v) is 9.31. The summed E-state index contributed by atoms with van der Waals surface area (Å²) >= 11 is 1.18. The van der Waals surface area contributed by atoms with Crippen molar-refractivity contribution < 1.29 is 13.2 Å². The Kier molecular flexibility index (Phi) is 4.28. The number of carbonyl (C=O) groups excluding carboxylic acids is 1. The van der Waals surface area contributed by atoms with Crippen LogP contribution in [0.5, 0.6) is 0 Å². The molecule has 1 aromatic heterocycles. The normalized spacial score (nSPS) is 18.8. The van der Waals surface area contributed by atoms with Gasteiger partial charge in [0.1, 0.15) is 4.21 Å². The highest BCUT2D eigenvalue weighted by atomic mass is 32.2. The Bertz CT molecular complexity index is 742. The van der Waals surface area contributed by atoms with E-state index in [4.69, 9.17) is 0 Å². The Morgan fingerprint density at radius 2 is 1.95 bits per heavy atom. The van der Waals surface area contributed by atoms with Crippen LogP contribution in [0.25, 0.3) is 0 Å². The molecule has 2 heterocycles. The van der Waals surface area contributed by atoms with E-state index < -0.39 is 10.0 Å². The molecule has 1 saturated heterocycles. The summed E-state index contributed by atoms with van der Waals surface area (Å²) in [5, 5.41) is 1.73. The van der Waals surface area contributed by atoms with Gasteiger partial charge in [0.15, 0.2) is 0 Å². The Morgan fingerprint density at radius 1 is 1.18 bits per heavy atom. The van der Waals surface area contributed by atoms with Gasteiger partial charge in [-0.3, -0.25) is 4.79 Å². The number of carbonyl (C=O) groups is 1. The van der Waals surface area contributed by atoms with Crippen LogP contribution in [0.15, 0.2) is 52.1 Å². The first kappa shape index (κ1) is 15.2. The number of anilines is 1. The number of benzene rings is 1. The molecule has 1 N–H and O–H groups in total. The van der Waals surface area contributed by atoms with Gasteiger partial charge >= 0.3 is 0 Å². The highest BCUT2D eigenvalue weighted by molar-refractivity contribution is 7.91. The Morgan fingerprint density at radius 3 is 2.64 bits per heavy atom. The second kappa shape index (κ2) is 6.20. The number of nitrogens with one attached hydrogen (secondary N) is 1. The predicted octanol–water partition coefficient (Wildman–Crippen LogP) is 2.08. The van der Waals surface area contributed by atoms with Gasteiger partial charge < -0.3 is 4.90 Å². The topological polar surface area (TPSA) is 66.5 Å². The van der Waals surface area contributed by atoms with Crippen molar-refractivity contribution in [2.45, 2.75) is 10.6 Å². The van der Waals surface area contributed by atoms with Crippen LogP contribution in [-0.4, -0.2) is 27.4 Å². The molecule has 3 rings (SSSR count). The average molecular weight is 336 g/mol. The van der Waals surface area contributed by atoms with E-state index in [1.54, 1.807) is 22.4 Å². The van der Waals surface area contributed by atoms with Crippen molar-refractivity contribution in [2.24, 2.45) is 5.92 Å². The number of hydrogen-bond donors (Lipinski definition) is 1. The van der Waals surface area contributed by atoms with Gasteiger partial charge in [-0.15, -0.1) is 11.3 Å². The lowest BCUT2D eigenvalue weighted by Crippen LogP contribution is -2.31. The lowest BCUT2D eigenvalue weighted by molar-refractivity contribution is -0.117. The molecule has 1 amide bonds. The van der Waals surface area contributed by atoms with Crippen LogP contribution in [0.4, 0.5) is 5.69 Å². The van der Waals surface area contributed by atoms with Crippen LogP contribution >= 0.6 is 11.3 Å². The molecule has 0 bridgehead atoms. The standard InChI is InChI=1S/C15H16N2O3S2/c18-14-9-12(11-17(14)13-5-2-1-3-6-13)10-16-22(19,20)15-7-4-8-21-15/h1-8,12,16H,9-11H2/t12-/m1/s1.